The van der Waals surface area contributed by atoms with E-state index in [-0.39, 0.29) is 12.1 Å². The first-order chi connectivity index (χ1) is 9.53. The first-order valence-electron chi connectivity index (χ1n) is 7.32. The first-order valence-corrected chi connectivity index (χ1v) is 7.32. The monoisotopic (exact) mass is 286 g/mol. The van der Waals surface area contributed by atoms with Crippen LogP contribution in [0.25, 0.3) is 0 Å². The van der Waals surface area contributed by atoms with E-state index in [0.717, 1.165) is 19.3 Å². The highest BCUT2D eigenvalue weighted by Gasteiger charge is 2.36. The average molecular weight is 286 g/mol. The number of aliphatic carboxylic acids is 1. The number of carbonyl (C=O) groups is 2. The van der Waals surface area contributed by atoms with Gasteiger partial charge in [0, 0.05) is 13.7 Å². The lowest BCUT2D eigenvalue weighted by atomic mass is 9.89. The molecule has 0 saturated carbocycles. The number of methoxy groups -OCH3 is 1. The van der Waals surface area contributed by atoms with Gasteiger partial charge < -0.3 is 20.1 Å². The van der Waals surface area contributed by atoms with Gasteiger partial charge in [0.2, 0.25) is 0 Å². The number of hydrogen-bond acceptors (Lipinski definition) is 3. The minimum absolute atomic E-state index is 0.0779. The Morgan fingerprint density at radius 2 is 2.15 bits per heavy atom. The molecule has 0 aliphatic carbocycles. The Labute approximate surface area is 120 Å². The van der Waals surface area contributed by atoms with E-state index < -0.39 is 12.0 Å². The van der Waals surface area contributed by atoms with Gasteiger partial charge in [0.15, 0.2) is 0 Å². The summed E-state index contributed by atoms with van der Waals surface area (Å²) in [5, 5.41) is 12.2. The second-order valence-electron chi connectivity index (χ2n) is 5.36. The summed E-state index contributed by atoms with van der Waals surface area (Å²) in [6.07, 6.45) is 3.12. The number of carbonyl (C=O) groups excluding carboxylic acids is 1. The van der Waals surface area contributed by atoms with Gasteiger partial charge in [-0.15, -0.1) is 0 Å². The molecule has 116 valence electrons. The summed E-state index contributed by atoms with van der Waals surface area (Å²) in [6.45, 7) is 4.96. The molecular weight excluding hydrogens is 260 g/mol. The van der Waals surface area contributed by atoms with E-state index in [2.05, 4.69) is 12.2 Å². The van der Waals surface area contributed by atoms with E-state index in [9.17, 15) is 14.7 Å². The number of urea groups is 1. The third-order valence-corrected chi connectivity index (χ3v) is 4.02. The number of likely N-dealkylation sites (tertiary alicyclic amines) is 1. The number of hydrogen-bond donors (Lipinski definition) is 2. The van der Waals surface area contributed by atoms with Crippen molar-refractivity contribution in [2.45, 2.75) is 51.6 Å². The molecule has 0 bridgehead atoms. The van der Waals surface area contributed by atoms with Crippen LogP contribution in [0.5, 0.6) is 0 Å². The molecule has 1 aliphatic heterocycles. The van der Waals surface area contributed by atoms with Crippen molar-refractivity contribution in [1.29, 1.82) is 0 Å². The second kappa shape index (κ2) is 8.09. The van der Waals surface area contributed by atoms with Crippen molar-refractivity contribution in [2.24, 2.45) is 5.92 Å². The van der Waals surface area contributed by atoms with Crippen LogP contribution in [0.2, 0.25) is 0 Å². The van der Waals surface area contributed by atoms with E-state index in [4.69, 9.17) is 4.74 Å². The fourth-order valence-electron chi connectivity index (χ4n) is 2.61. The minimum atomic E-state index is -0.918. The van der Waals surface area contributed by atoms with Crippen molar-refractivity contribution in [3.8, 4) is 0 Å². The van der Waals surface area contributed by atoms with Crippen LogP contribution in [-0.4, -0.2) is 54.4 Å². The standard InChI is InChI=1S/C14H26N2O4/c1-4-10-6-7-16(12(8-10)13(17)18)14(19)15-11(5-2)9-20-3/h10-12H,4-9H2,1-3H3,(H,15,19)(H,17,18). The third kappa shape index (κ3) is 4.37. The molecule has 1 fully saturated rings. The molecule has 6 nitrogen and oxygen atoms in total. The maximum absolute atomic E-state index is 12.2. The largest absolute Gasteiger partial charge is 0.480 e. The molecule has 0 spiro atoms. The van der Waals surface area contributed by atoms with Crippen LogP contribution in [0.4, 0.5) is 4.79 Å². The van der Waals surface area contributed by atoms with E-state index in [1.54, 1.807) is 7.11 Å². The number of ether oxygens (including phenoxy) is 1. The molecule has 1 heterocycles. The van der Waals surface area contributed by atoms with Gasteiger partial charge in [0.05, 0.1) is 12.6 Å². The Balaban J connectivity index is 2.67. The fraction of sp³-hybridized carbons (Fsp3) is 0.857. The lowest BCUT2D eigenvalue weighted by molar-refractivity contribution is -0.144. The molecule has 0 radical (unpaired) electrons. The quantitative estimate of drug-likeness (QED) is 0.779. The number of nitrogens with one attached hydrogen (secondary N) is 1. The van der Waals surface area contributed by atoms with Crippen molar-refractivity contribution in [1.82, 2.24) is 10.2 Å². The van der Waals surface area contributed by atoms with Gasteiger partial charge in [0.25, 0.3) is 0 Å². The molecular formula is C14H26N2O4. The summed E-state index contributed by atoms with van der Waals surface area (Å²) < 4.78 is 5.04. The summed E-state index contributed by atoms with van der Waals surface area (Å²) in [7, 11) is 1.58. The van der Waals surface area contributed by atoms with Crippen LogP contribution in [0.3, 0.4) is 0 Å². The zero-order valence-electron chi connectivity index (χ0n) is 12.6. The Hall–Kier alpha value is -1.30. The van der Waals surface area contributed by atoms with E-state index in [1.807, 2.05) is 6.92 Å². The van der Waals surface area contributed by atoms with Crippen molar-refractivity contribution in [3.63, 3.8) is 0 Å². The van der Waals surface area contributed by atoms with Crippen molar-refractivity contribution in [2.75, 3.05) is 20.3 Å². The number of carboxylic acid groups (broad SMARTS) is 1. The summed E-state index contributed by atoms with van der Waals surface area (Å²) >= 11 is 0. The van der Waals surface area contributed by atoms with Crippen molar-refractivity contribution < 1.29 is 19.4 Å². The molecule has 0 aromatic rings. The topological polar surface area (TPSA) is 78.9 Å². The van der Waals surface area contributed by atoms with Crippen molar-refractivity contribution in [3.05, 3.63) is 0 Å². The van der Waals surface area contributed by atoms with Crippen LogP contribution in [0.1, 0.15) is 39.5 Å². The summed E-state index contributed by atoms with van der Waals surface area (Å²) in [4.78, 5) is 25.1. The molecule has 2 amide bonds. The van der Waals surface area contributed by atoms with Gasteiger partial charge in [0.1, 0.15) is 6.04 Å². The predicted molar refractivity (Wildman–Crippen MR) is 75.6 cm³/mol. The van der Waals surface area contributed by atoms with Crippen LogP contribution in [0, 0.1) is 5.92 Å². The van der Waals surface area contributed by atoms with Gasteiger partial charge in [-0.2, -0.15) is 0 Å². The van der Waals surface area contributed by atoms with Crippen LogP contribution in [0.15, 0.2) is 0 Å². The molecule has 0 aromatic carbocycles. The highest BCUT2D eigenvalue weighted by Crippen LogP contribution is 2.25. The third-order valence-electron chi connectivity index (χ3n) is 4.02. The van der Waals surface area contributed by atoms with E-state index in [1.165, 1.54) is 4.90 Å². The Kier molecular flexibility index (Phi) is 6.78. The Morgan fingerprint density at radius 3 is 2.65 bits per heavy atom. The van der Waals surface area contributed by atoms with E-state index in [0.29, 0.717) is 25.5 Å². The Morgan fingerprint density at radius 1 is 1.45 bits per heavy atom. The van der Waals surface area contributed by atoms with Gasteiger partial charge in [-0.1, -0.05) is 20.3 Å². The zero-order valence-corrected chi connectivity index (χ0v) is 12.6. The van der Waals surface area contributed by atoms with Gasteiger partial charge in [-0.05, 0) is 25.2 Å². The zero-order chi connectivity index (χ0) is 15.1. The SMILES string of the molecule is CCC1CCN(C(=O)NC(CC)COC)C(C(=O)O)C1. The average Bonchev–Trinajstić information content (AvgIpc) is 2.45. The first kappa shape index (κ1) is 16.8. The molecule has 0 aromatic heterocycles. The van der Waals surface area contributed by atoms with Gasteiger partial charge in [-0.3, -0.25) is 0 Å². The Bertz CT molecular complexity index is 335. The predicted octanol–water partition coefficient (Wildman–Crippen LogP) is 1.70. The molecule has 1 saturated heterocycles. The number of carboxylic acids is 1. The second-order valence-corrected chi connectivity index (χ2v) is 5.36. The fourth-order valence-corrected chi connectivity index (χ4v) is 2.61. The maximum atomic E-state index is 12.2. The molecule has 1 aliphatic rings. The summed E-state index contributed by atoms with van der Waals surface area (Å²) in [6, 6.07) is -1.09. The smallest absolute Gasteiger partial charge is 0.326 e. The van der Waals surface area contributed by atoms with Gasteiger partial charge in [-0.25, -0.2) is 9.59 Å². The van der Waals surface area contributed by atoms with Gasteiger partial charge >= 0.3 is 12.0 Å². The lowest BCUT2D eigenvalue weighted by Gasteiger charge is -2.37. The molecule has 6 heteroatoms. The normalized spacial score (nSPS) is 24.2. The van der Waals surface area contributed by atoms with Crippen LogP contribution < -0.4 is 5.32 Å². The summed E-state index contributed by atoms with van der Waals surface area (Å²) in [5.41, 5.74) is 0. The van der Waals surface area contributed by atoms with Crippen LogP contribution in [-0.2, 0) is 9.53 Å². The highest BCUT2D eigenvalue weighted by molar-refractivity contribution is 5.83. The molecule has 1 rings (SSSR count). The number of piperidine rings is 1. The highest BCUT2D eigenvalue weighted by atomic mass is 16.5. The van der Waals surface area contributed by atoms with E-state index >= 15 is 0 Å². The molecule has 2 N–H and O–H groups in total. The number of rotatable bonds is 6. The molecule has 20 heavy (non-hydrogen) atoms. The minimum Gasteiger partial charge on any atom is -0.480 e. The number of nitrogens with zero attached hydrogens (tertiary/aromatic N) is 1. The lowest BCUT2D eigenvalue weighted by Crippen LogP contribution is -2.55. The van der Waals surface area contributed by atoms with Crippen LogP contribution >= 0.6 is 0 Å². The maximum Gasteiger partial charge on any atom is 0.326 e. The number of amides is 2. The van der Waals surface area contributed by atoms with Crippen molar-refractivity contribution >= 4 is 12.0 Å². The molecule has 3 unspecified atom stereocenters. The molecule has 3 atom stereocenters. The summed E-state index contributed by atoms with van der Waals surface area (Å²) in [5.74, 6) is -0.529.